The number of hydrogen-bond donors (Lipinski definition) is 3. The fraction of sp³-hybridized carbons (Fsp3) is 0.381. The molecule has 2 atom stereocenters. The van der Waals surface area contributed by atoms with E-state index < -0.39 is 0 Å². The van der Waals surface area contributed by atoms with Crippen molar-refractivity contribution < 1.29 is 5.11 Å². The summed E-state index contributed by atoms with van der Waals surface area (Å²) in [5, 5.41) is 17.1. The second kappa shape index (κ2) is 13.0. The maximum absolute atomic E-state index is 9.71. The highest BCUT2D eigenvalue weighted by atomic mass is 127. The number of likely N-dealkylation sites (N-methyl/N-ethyl adjacent to an activating group) is 1. The van der Waals surface area contributed by atoms with Gasteiger partial charge in [0.25, 0.3) is 0 Å². The van der Waals surface area contributed by atoms with E-state index >= 15 is 0 Å². The van der Waals surface area contributed by atoms with Crippen LogP contribution in [-0.4, -0.2) is 56.8 Å². The molecule has 2 rings (SSSR count). The minimum atomic E-state index is 0. The van der Waals surface area contributed by atoms with Crippen LogP contribution in [-0.2, 0) is 0 Å². The second-order valence-electron chi connectivity index (χ2n) is 6.66. The molecule has 3 N–H and O–H groups in total. The average molecular weight is 517 g/mol. The van der Waals surface area contributed by atoms with E-state index in [0.29, 0.717) is 19.0 Å². The van der Waals surface area contributed by atoms with E-state index in [0.717, 1.165) is 10.6 Å². The molecule has 0 amide bonds. The van der Waals surface area contributed by atoms with E-state index in [9.17, 15) is 5.11 Å². The number of rotatable bonds is 8. The first kappa shape index (κ1) is 24.7. The Labute approximate surface area is 190 Å². The standard InChI is InChI=1S/C21H29ClN4O.HI/c1-23-21(24-13-18(15-27)16-7-5-4-6-8-16)25-14-20(26(2)3)17-9-11-19(22)12-10-17;/h4-12,18,20,27H,13-15H2,1-3H3,(H2,23,24,25);1H. The number of hydrogen-bond acceptors (Lipinski definition) is 3. The number of nitrogens with zero attached hydrogens (tertiary/aromatic N) is 2. The summed E-state index contributed by atoms with van der Waals surface area (Å²) in [7, 11) is 5.85. The molecule has 2 aromatic rings. The quantitative estimate of drug-likeness (QED) is 0.286. The van der Waals surface area contributed by atoms with Gasteiger partial charge in [0.15, 0.2) is 5.96 Å². The highest BCUT2D eigenvalue weighted by Gasteiger charge is 2.15. The van der Waals surface area contributed by atoms with Gasteiger partial charge in [0.05, 0.1) is 12.6 Å². The molecule has 154 valence electrons. The van der Waals surface area contributed by atoms with Crippen LogP contribution in [0.25, 0.3) is 0 Å². The summed E-state index contributed by atoms with van der Waals surface area (Å²) in [5.41, 5.74) is 2.29. The molecule has 0 aliphatic rings. The van der Waals surface area contributed by atoms with Crippen LogP contribution in [0.5, 0.6) is 0 Å². The van der Waals surface area contributed by atoms with Gasteiger partial charge in [-0.15, -0.1) is 24.0 Å². The normalized spacial score (nSPS) is 13.6. The Kier molecular flexibility index (Phi) is 11.4. The van der Waals surface area contributed by atoms with Crippen LogP contribution < -0.4 is 10.6 Å². The molecule has 28 heavy (non-hydrogen) atoms. The molecular weight excluding hydrogens is 487 g/mol. The second-order valence-corrected chi connectivity index (χ2v) is 7.09. The lowest BCUT2D eigenvalue weighted by Gasteiger charge is -2.26. The summed E-state index contributed by atoms with van der Waals surface area (Å²) in [6.07, 6.45) is 0. The summed E-state index contributed by atoms with van der Waals surface area (Å²) >= 11 is 6.00. The fourth-order valence-corrected chi connectivity index (χ4v) is 3.06. The number of benzene rings is 2. The molecule has 0 saturated heterocycles. The minimum absolute atomic E-state index is 0. The summed E-state index contributed by atoms with van der Waals surface area (Å²) in [4.78, 5) is 6.46. The molecule has 0 spiro atoms. The number of aliphatic hydroxyl groups excluding tert-OH is 1. The number of aliphatic hydroxyl groups is 1. The average Bonchev–Trinajstić information content (AvgIpc) is 2.69. The molecule has 0 heterocycles. The van der Waals surface area contributed by atoms with E-state index in [1.165, 1.54) is 5.56 Å². The maximum atomic E-state index is 9.71. The molecule has 7 heteroatoms. The molecule has 0 saturated carbocycles. The Morgan fingerprint density at radius 3 is 2.14 bits per heavy atom. The van der Waals surface area contributed by atoms with Gasteiger partial charge in [-0.2, -0.15) is 0 Å². The predicted molar refractivity (Wildman–Crippen MR) is 129 cm³/mol. The maximum Gasteiger partial charge on any atom is 0.191 e. The molecule has 0 aromatic heterocycles. The first-order valence-electron chi connectivity index (χ1n) is 9.07. The van der Waals surface area contributed by atoms with Gasteiger partial charge in [-0.1, -0.05) is 54.1 Å². The van der Waals surface area contributed by atoms with Gasteiger partial charge < -0.3 is 20.6 Å². The van der Waals surface area contributed by atoms with Crippen molar-refractivity contribution in [2.24, 2.45) is 4.99 Å². The van der Waals surface area contributed by atoms with Crippen molar-refractivity contribution in [2.45, 2.75) is 12.0 Å². The van der Waals surface area contributed by atoms with Crippen LogP contribution in [0, 0.1) is 0 Å². The van der Waals surface area contributed by atoms with Gasteiger partial charge in [-0.3, -0.25) is 4.99 Å². The Hall–Kier alpha value is -1.35. The summed E-state index contributed by atoms with van der Waals surface area (Å²) < 4.78 is 0. The minimum Gasteiger partial charge on any atom is -0.396 e. The topological polar surface area (TPSA) is 59.9 Å². The Balaban J connectivity index is 0.00000392. The predicted octanol–water partition coefficient (Wildman–Crippen LogP) is 3.50. The third-order valence-corrected chi connectivity index (χ3v) is 4.82. The van der Waals surface area contributed by atoms with Crippen molar-refractivity contribution in [1.82, 2.24) is 15.5 Å². The lowest BCUT2D eigenvalue weighted by atomic mass is 10.0. The molecule has 2 aromatic carbocycles. The largest absolute Gasteiger partial charge is 0.396 e. The number of halogens is 2. The monoisotopic (exact) mass is 516 g/mol. The van der Waals surface area contributed by atoms with Crippen LogP contribution in [0.3, 0.4) is 0 Å². The SMILES string of the molecule is CN=C(NCC(CO)c1ccccc1)NCC(c1ccc(Cl)cc1)N(C)C.I. The highest BCUT2D eigenvalue weighted by molar-refractivity contribution is 14.0. The van der Waals surface area contributed by atoms with Gasteiger partial charge in [-0.05, 0) is 37.4 Å². The van der Waals surface area contributed by atoms with Gasteiger partial charge in [0, 0.05) is 31.1 Å². The van der Waals surface area contributed by atoms with Crippen molar-refractivity contribution in [3.8, 4) is 0 Å². The van der Waals surface area contributed by atoms with Crippen LogP contribution in [0.1, 0.15) is 23.1 Å². The van der Waals surface area contributed by atoms with Crippen LogP contribution >= 0.6 is 35.6 Å². The molecule has 0 aliphatic carbocycles. The summed E-state index contributed by atoms with van der Waals surface area (Å²) in [6.45, 7) is 1.39. The van der Waals surface area contributed by atoms with Crippen molar-refractivity contribution in [3.63, 3.8) is 0 Å². The van der Waals surface area contributed by atoms with E-state index in [4.69, 9.17) is 11.6 Å². The first-order valence-corrected chi connectivity index (χ1v) is 9.45. The smallest absolute Gasteiger partial charge is 0.191 e. The van der Waals surface area contributed by atoms with Gasteiger partial charge in [-0.25, -0.2) is 0 Å². The Morgan fingerprint density at radius 1 is 1.00 bits per heavy atom. The first-order chi connectivity index (χ1) is 13.0. The van der Waals surface area contributed by atoms with Gasteiger partial charge in [0.2, 0.25) is 0 Å². The van der Waals surface area contributed by atoms with E-state index in [1.807, 2.05) is 68.7 Å². The summed E-state index contributed by atoms with van der Waals surface area (Å²) in [6, 6.07) is 18.1. The molecule has 0 radical (unpaired) electrons. The van der Waals surface area contributed by atoms with E-state index in [-0.39, 0.29) is 42.5 Å². The molecule has 0 bridgehead atoms. The number of guanidine groups is 1. The van der Waals surface area contributed by atoms with Crippen LogP contribution in [0.15, 0.2) is 59.6 Å². The van der Waals surface area contributed by atoms with Crippen LogP contribution in [0.2, 0.25) is 5.02 Å². The van der Waals surface area contributed by atoms with Crippen molar-refractivity contribution >= 4 is 41.5 Å². The fourth-order valence-electron chi connectivity index (χ4n) is 2.93. The zero-order valence-corrected chi connectivity index (χ0v) is 19.7. The highest BCUT2D eigenvalue weighted by Crippen LogP contribution is 2.20. The Bertz CT molecular complexity index is 710. The molecule has 0 fully saturated rings. The lowest BCUT2D eigenvalue weighted by Crippen LogP contribution is -2.43. The zero-order chi connectivity index (χ0) is 19.6. The third kappa shape index (κ3) is 7.58. The van der Waals surface area contributed by atoms with E-state index in [2.05, 4.69) is 20.5 Å². The van der Waals surface area contributed by atoms with Crippen molar-refractivity contribution in [2.75, 3.05) is 40.8 Å². The molecule has 2 unspecified atom stereocenters. The zero-order valence-electron chi connectivity index (χ0n) is 16.6. The molecule has 0 aliphatic heterocycles. The van der Waals surface area contributed by atoms with E-state index in [1.54, 1.807) is 7.05 Å². The lowest BCUT2D eigenvalue weighted by molar-refractivity contribution is 0.264. The Morgan fingerprint density at radius 2 is 1.61 bits per heavy atom. The summed E-state index contributed by atoms with van der Waals surface area (Å²) in [5.74, 6) is 0.732. The number of nitrogens with one attached hydrogen (secondary N) is 2. The molecular formula is C21H30ClIN4O. The van der Waals surface area contributed by atoms with Crippen molar-refractivity contribution in [1.29, 1.82) is 0 Å². The van der Waals surface area contributed by atoms with Crippen LogP contribution in [0.4, 0.5) is 0 Å². The molecule has 5 nitrogen and oxygen atoms in total. The number of aliphatic imine (C=N–C) groups is 1. The van der Waals surface area contributed by atoms with Crippen molar-refractivity contribution in [3.05, 3.63) is 70.7 Å². The van der Waals surface area contributed by atoms with Gasteiger partial charge in [0.1, 0.15) is 0 Å². The third-order valence-electron chi connectivity index (χ3n) is 4.57. The van der Waals surface area contributed by atoms with Gasteiger partial charge >= 0.3 is 0 Å².